The molecule has 2 aromatic rings. The third-order valence-electron chi connectivity index (χ3n) is 5.65. The van der Waals surface area contributed by atoms with Crippen LogP contribution in [-0.2, 0) is 20.6 Å². The highest BCUT2D eigenvalue weighted by Gasteiger charge is 2.51. The van der Waals surface area contributed by atoms with Crippen LogP contribution in [0.3, 0.4) is 0 Å². The van der Waals surface area contributed by atoms with E-state index in [-0.39, 0.29) is 30.8 Å². The maximum atomic E-state index is 12.3. The van der Waals surface area contributed by atoms with Gasteiger partial charge < -0.3 is 18.9 Å². The summed E-state index contributed by atoms with van der Waals surface area (Å²) in [5.74, 6) is 0.703. The highest BCUT2D eigenvalue weighted by molar-refractivity contribution is 6.62. The summed E-state index contributed by atoms with van der Waals surface area (Å²) < 4.78 is 17.7. The van der Waals surface area contributed by atoms with E-state index in [2.05, 4.69) is 0 Å². The van der Waals surface area contributed by atoms with Gasteiger partial charge in [0.2, 0.25) is 0 Å². The van der Waals surface area contributed by atoms with E-state index in [1.165, 1.54) is 0 Å². The number of benzene rings is 2. The van der Waals surface area contributed by atoms with E-state index in [1.54, 1.807) is 4.90 Å². The highest BCUT2D eigenvalue weighted by atomic mass is 16.7. The largest absolute Gasteiger partial charge is 0.494 e. The van der Waals surface area contributed by atoms with Gasteiger partial charge >= 0.3 is 7.12 Å². The summed E-state index contributed by atoms with van der Waals surface area (Å²) in [5, 5.41) is 0. The number of ether oxygens (including phenoxy) is 1. The minimum absolute atomic E-state index is 0.0382. The van der Waals surface area contributed by atoms with E-state index >= 15 is 0 Å². The fourth-order valence-electron chi connectivity index (χ4n) is 3.27. The Morgan fingerprint density at radius 1 is 0.963 bits per heavy atom. The normalized spacial score (nSPS) is 20.4. The third-order valence-corrected chi connectivity index (χ3v) is 5.65. The second kappa shape index (κ2) is 6.39. The molecule has 140 valence electrons. The molecule has 1 amide bonds. The zero-order valence-corrected chi connectivity index (χ0v) is 16.2. The Hall–Kier alpha value is -2.31. The van der Waals surface area contributed by atoms with Crippen LogP contribution in [0.15, 0.2) is 48.5 Å². The van der Waals surface area contributed by atoms with E-state index in [9.17, 15) is 4.79 Å². The topological polar surface area (TPSA) is 48.0 Å². The first-order valence-electron chi connectivity index (χ1n) is 9.23. The monoisotopic (exact) mass is 365 g/mol. The number of fused-ring (bicyclic) bond motifs is 1. The molecule has 1 fully saturated rings. The summed E-state index contributed by atoms with van der Waals surface area (Å²) in [7, 11) is -0.380. The SMILES string of the molecule is CC1(C)OB(c2ccc(CN3C(=O)COc4ccccc43)cc2)OC1(C)C. The van der Waals surface area contributed by atoms with E-state index in [0.717, 1.165) is 22.5 Å². The van der Waals surface area contributed by atoms with E-state index in [1.807, 2.05) is 76.2 Å². The van der Waals surface area contributed by atoms with Crippen LogP contribution in [-0.4, -0.2) is 30.8 Å². The van der Waals surface area contributed by atoms with Crippen molar-refractivity contribution in [1.29, 1.82) is 0 Å². The summed E-state index contributed by atoms with van der Waals surface area (Å²) in [4.78, 5) is 14.1. The van der Waals surface area contributed by atoms with Crippen LogP contribution in [0.25, 0.3) is 0 Å². The van der Waals surface area contributed by atoms with Crippen molar-refractivity contribution in [2.45, 2.75) is 45.4 Å². The number of hydrogen-bond acceptors (Lipinski definition) is 4. The van der Waals surface area contributed by atoms with Gasteiger partial charge in [0.25, 0.3) is 5.91 Å². The first kappa shape index (κ1) is 18.1. The second-order valence-electron chi connectivity index (χ2n) is 8.07. The number of nitrogens with zero attached hydrogens (tertiary/aromatic N) is 1. The molecule has 2 heterocycles. The molecular formula is C21H24BNO4. The Kier molecular flexibility index (Phi) is 4.28. The van der Waals surface area contributed by atoms with Gasteiger partial charge in [-0.2, -0.15) is 0 Å². The Labute approximate surface area is 160 Å². The lowest BCUT2D eigenvalue weighted by molar-refractivity contribution is -0.121. The van der Waals surface area contributed by atoms with Crippen LogP contribution in [0, 0.1) is 0 Å². The standard InChI is InChI=1S/C21H24BNO4/c1-20(2)21(3,4)27-22(26-20)16-11-9-15(10-12-16)13-23-17-7-5-6-8-18(17)25-14-19(23)24/h5-12H,13-14H2,1-4H3. The van der Waals surface area contributed by atoms with Crippen molar-refractivity contribution in [2.75, 3.05) is 11.5 Å². The van der Waals surface area contributed by atoms with Crippen molar-refractivity contribution >= 4 is 24.2 Å². The Morgan fingerprint density at radius 3 is 2.26 bits per heavy atom. The van der Waals surface area contributed by atoms with Gasteiger partial charge in [0.05, 0.1) is 23.4 Å². The van der Waals surface area contributed by atoms with E-state index in [0.29, 0.717) is 6.54 Å². The van der Waals surface area contributed by atoms with Crippen LogP contribution in [0.1, 0.15) is 33.3 Å². The molecule has 0 radical (unpaired) electrons. The summed E-state index contributed by atoms with van der Waals surface area (Å²) in [6.45, 7) is 8.75. The molecule has 0 aliphatic carbocycles. The van der Waals surface area contributed by atoms with Crippen LogP contribution >= 0.6 is 0 Å². The van der Waals surface area contributed by atoms with Gasteiger partial charge in [0.1, 0.15) is 5.75 Å². The fraction of sp³-hybridized carbons (Fsp3) is 0.381. The molecule has 4 rings (SSSR count). The first-order chi connectivity index (χ1) is 12.8. The summed E-state index contributed by atoms with van der Waals surface area (Å²) in [5.41, 5.74) is 2.11. The zero-order chi connectivity index (χ0) is 19.2. The van der Waals surface area contributed by atoms with Gasteiger partial charge in [-0.25, -0.2) is 0 Å². The number of para-hydroxylation sites is 2. The molecule has 2 aliphatic heterocycles. The van der Waals surface area contributed by atoms with Crippen molar-refractivity contribution in [1.82, 2.24) is 0 Å². The molecule has 27 heavy (non-hydrogen) atoms. The maximum absolute atomic E-state index is 12.3. The summed E-state index contributed by atoms with van der Waals surface area (Å²) in [6.07, 6.45) is 0. The molecule has 2 aliphatic rings. The third kappa shape index (κ3) is 3.24. The van der Waals surface area contributed by atoms with Crippen LogP contribution in [0.5, 0.6) is 5.75 Å². The molecule has 0 spiro atoms. The predicted molar refractivity (Wildman–Crippen MR) is 105 cm³/mol. The lowest BCUT2D eigenvalue weighted by Crippen LogP contribution is -2.41. The van der Waals surface area contributed by atoms with Crippen molar-refractivity contribution in [2.24, 2.45) is 0 Å². The van der Waals surface area contributed by atoms with Crippen LogP contribution in [0.2, 0.25) is 0 Å². The molecule has 6 heteroatoms. The minimum atomic E-state index is -0.380. The molecule has 0 unspecified atom stereocenters. The summed E-state index contributed by atoms with van der Waals surface area (Å²) >= 11 is 0. The Balaban J connectivity index is 1.52. The van der Waals surface area contributed by atoms with Gasteiger partial charge in [-0.1, -0.05) is 36.4 Å². The number of rotatable bonds is 3. The lowest BCUT2D eigenvalue weighted by atomic mass is 9.79. The molecule has 5 nitrogen and oxygen atoms in total. The lowest BCUT2D eigenvalue weighted by Gasteiger charge is -2.32. The molecule has 0 N–H and O–H groups in total. The highest BCUT2D eigenvalue weighted by Crippen LogP contribution is 2.36. The number of anilines is 1. The van der Waals surface area contributed by atoms with Gasteiger partial charge in [0.15, 0.2) is 6.61 Å². The fourth-order valence-corrected chi connectivity index (χ4v) is 3.27. The van der Waals surface area contributed by atoms with E-state index in [4.69, 9.17) is 14.0 Å². The van der Waals surface area contributed by atoms with Gasteiger partial charge in [0, 0.05) is 0 Å². The number of carbonyl (C=O) groups excluding carboxylic acids is 1. The maximum Gasteiger partial charge on any atom is 0.494 e. The molecule has 2 aromatic carbocycles. The average molecular weight is 365 g/mol. The quantitative estimate of drug-likeness (QED) is 0.785. The van der Waals surface area contributed by atoms with Crippen molar-refractivity contribution in [3.8, 4) is 5.75 Å². The summed E-state index contributed by atoms with van der Waals surface area (Å²) in [6, 6.07) is 15.7. The minimum Gasteiger partial charge on any atom is -0.482 e. The smallest absolute Gasteiger partial charge is 0.482 e. The van der Waals surface area contributed by atoms with Crippen molar-refractivity contribution in [3.63, 3.8) is 0 Å². The first-order valence-corrected chi connectivity index (χ1v) is 9.23. The number of carbonyl (C=O) groups is 1. The van der Waals surface area contributed by atoms with Crippen molar-refractivity contribution < 1.29 is 18.8 Å². The average Bonchev–Trinajstić information content (AvgIpc) is 2.86. The van der Waals surface area contributed by atoms with Gasteiger partial charge in [-0.3, -0.25) is 4.79 Å². The van der Waals surface area contributed by atoms with E-state index < -0.39 is 0 Å². The van der Waals surface area contributed by atoms with Gasteiger partial charge in [-0.15, -0.1) is 0 Å². The van der Waals surface area contributed by atoms with Crippen LogP contribution < -0.4 is 15.1 Å². The molecule has 0 bridgehead atoms. The Morgan fingerprint density at radius 2 is 1.59 bits per heavy atom. The van der Waals surface area contributed by atoms with Crippen molar-refractivity contribution in [3.05, 3.63) is 54.1 Å². The number of amides is 1. The number of hydrogen-bond donors (Lipinski definition) is 0. The molecular weight excluding hydrogens is 341 g/mol. The molecule has 0 saturated carbocycles. The predicted octanol–water partition coefficient (Wildman–Crippen LogP) is 2.91. The second-order valence-corrected chi connectivity index (χ2v) is 8.07. The van der Waals surface area contributed by atoms with Crippen LogP contribution in [0.4, 0.5) is 5.69 Å². The Bertz CT molecular complexity index is 847. The van der Waals surface area contributed by atoms with Gasteiger partial charge in [-0.05, 0) is 50.9 Å². The molecule has 0 atom stereocenters. The zero-order valence-electron chi connectivity index (χ0n) is 16.2. The molecule has 1 saturated heterocycles. The molecule has 0 aromatic heterocycles.